The van der Waals surface area contributed by atoms with Gasteiger partial charge in [-0.05, 0) is 50.4 Å². The second-order valence-corrected chi connectivity index (χ2v) is 7.54. The Kier molecular flexibility index (Phi) is 5.70. The van der Waals surface area contributed by atoms with Crippen molar-refractivity contribution in [2.24, 2.45) is 11.8 Å². The largest absolute Gasteiger partial charge is 0.490 e. The van der Waals surface area contributed by atoms with Gasteiger partial charge in [-0.25, -0.2) is 0 Å². The number of rotatable bonds is 5. The van der Waals surface area contributed by atoms with E-state index in [9.17, 15) is 4.79 Å². The van der Waals surface area contributed by atoms with Crippen LogP contribution in [0.25, 0.3) is 10.9 Å². The molecule has 0 amide bonds. The standard InChI is InChI=1S/C20H28N2O3S/c1-5-24-17-10-14-15(11-18(17)25-6-2)21-20(26)22(19(14)23)16-9-7-8-12(3)13(16)4/h10-13,16H,5-9H2,1-4H3,(H,21,26). The molecule has 1 aromatic heterocycles. The lowest BCUT2D eigenvalue weighted by Gasteiger charge is -2.35. The van der Waals surface area contributed by atoms with Crippen LogP contribution < -0.4 is 15.0 Å². The zero-order valence-corrected chi connectivity index (χ0v) is 16.8. The highest BCUT2D eigenvalue weighted by molar-refractivity contribution is 7.71. The van der Waals surface area contributed by atoms with Gasteiger partial charge >= 0.3 is 0 Å². The normalized spacial score (nSPS) is 23.2. The zero-order chi connectivity index (χ0) is 18.8. The lowest BCUT2D eigenvalue weighted by Crippen LogP contribution is -2.34. The minimum absolute atomic E-state index is 0.0429. The molecule has 5 nitrogen and oxygen atoms in total. The van der Waals surface area contributed by atoms with E-state index < -0.39 is 0 Å². The number of benzene rings is 1. The van der Waals surface area contributed by atoms with E-state index in [4.69, 9.17) is 21.7 Å². The molecule has 142 valence electrons. The van der Waals surface area contributed by atoms with E-state index in [0.717, 1.165) is 12.8 Å². The number of H-pyrrole nitrogens is 1. The summed E-state index contributed by atoms with van der Waals surface area (Å²) in [5.74, 6) is 2.23. The summed E-state index contributed by atoms with van der Waals surface area (Å²) in [5.41, 5.74) is 0.651. The number of fused-ring (bicyclic) bond motifs is 1. The fraction of sp³-hybridized carbons (Fsp3) is 0.600. The van der Waals surface area contributed by atoms with Gasteiger partial charge in [-0.1, -0.05) is 26.7 Å². The molecule has 0 saturated heterocycles. The number of aromatic nitrogens is 2. The molecule has 3 rings (SSSR count). The monoisotopic (exact) mass is 376 g/mol. The van der Waals surface area contributed by atoms with Crippen molar-refractivity contribution >= 4 is 23.1 Å². The summed E-state index contributed by atoms with van der Waals surface area (Å²) in [6.45, 7) is 9.37. The number of nitrogens with one attached hydrogen (secondary N) is 1. The van der Waals surface area contributed by atoms with Crippen LogP contribution >= 0.6 is 12.2 Å². The maximum absolute atomic E-state index is 13.3. The Labute approximate surface area is 159 Å². The van der Waals surface area contributed by atoms with Gasteiger partial charge in [0.05, 0.1) is 24.1 Å². The third-order valence-electron chi connectivity index (χ3n) is 5.59. The third-order valence-corrected chi connectivity index (χ3v) is 5.89. The van der Waals surface area contributed by atoms with E-state index in [2.05, 4.69) is 18.8 Å². The first-order chi connectivity index (χ1) is 12.5. The molecule has 1 aliphatic carbocycles. The molecular weight excluding hydrogens is 348 g/mol. The first kappa shape index (κ1) is 19.0. The van der Waals surface area contributed by atoms with E-state index >= 15 is 0 Å². The van der Waals surface area contributed by atoms with E-state index in [1.165, 1.54) is 6.42 Å². The maximum atomic E-state index is 13.3. The van der Waals surface area contributed by atoms with Crippen molar-refractivity contribution in [1.29, 1.82) is 0 Å². The average Bonchev–Trinajstić information content (AvgIpc) is 2.60. The summed E-state index contributed by atoms with van der Waals surface area (Å²) < 4.78 is 13.6. The Hall–Kier alpha value is -1.82. The molecule has 1 fully saturated rings. The Balaban J connectivity index is 2.19. The summed E-state index contributed by atoms with van der Waals surface area (Å²) in [4.78, 5) is 16.5. The molecule has 6 heteroatoms. The van der Waals surface area contributed by atoms with Crippen LogP contribution in [0.1, 0.15) is 53.0 Å². The molecule has 3 atom stereocenters. The topological polar surface area (TPSA) is 56.2 Å². The number of nitrogens with zero attached hydrogens (tertiary/aromatic N) is 1. The number of ether oxygens (including phenoxy) is 2. The van der Waals surface area contributed by atoms with Gasteiger partial charge in [-0.15, -0.1) is 0 Å². The SMILES string of the molecule is CCOc1cc2[nH]c(=S)n(C3CCCC(C)C3C)c(=O)c2cc1OCC. The molecule has 2 aromatic rings. The Morgan fingerprint density at radius 3 is 2.46 bits per heavy atom. The lowest BCUT2D eigenvalue weighted by molar-refractivity contribution is 0.181. The smallest absolute Gasteiger partial charge is 0.262 e. The molecule has 1 N–H and O–H groups in total. The third kappa shape index (κ3) is 3.39. The second-order valence-electron chi connectivity index (χ2n) is 7.15. The first-order valence-electron chi connectivity index (χ1n) is 9.56. The fourth-order valence-corrected chi connectivity index (χ4v) is 4.32. The van der Waals surface area contributed by atoms with Crippen molar-refractivity contribution in [3.05, 3.63) is 27.3 Å². The van der Waals surface area contributed by atoms with Gasteiger partial charge in [-0.2, -0.15) is 0 Å². The van der Waals surface area contributed by atoms with Crippen molar-refractivity contribution in [1.82, 2.24) is 9.55 Å². The molecular formula is C20H28N2O3S. The molecule has 0 aliphatic heterocycles. The summed E-state index contributed by atoms with van der Waals surface area (Å²) >= 11 is 5.57. The minimum atomic E-state index is -0.0429. The number of hydrogen-bond acceptors (Lipinski definition) is 4. The predicted octanol–water partition coefficient (Wildman–Crippen LogP) is 4.85. The van der Waals surface area contributed by atoms with E-state index in [-0.39, 0.29) is 11.6 Å². The molecule has 3 unspecified atom stereocenters. The van der Waals surface area contributed by atoms with Crippen LogP contribution in [0.5, 0.6) is 11.5 Å². The lowest BCUT2D eigenvalue weighted by atomic mass is 9.78. The maximum Gasteiger partial charge on any atom is 0.262 e. The van der Waals surface area contributed by atoms with E-state index in [0.29, 0.717) is 52.2 Å². The highest BCUT2D eigenvalue weighted by Gasteiger charge is 2.30. The Morgan fingerprint density at radius 2 is 1.81 bits per heavy atom. The minimum Gasteiger partial charge on any atom is -0.490 e. The van der Waals surface area contributed by atoms with E-state index in [1.807, 2.05) is 19.9 Å². The summed E-state index contributed by atoms with van der Waals surface area (Å²) in [7, 11) is 0. The Morgan fingerprint density at radius 1 is 1.15 bits per heavy atom. The second kappa shape index (κ2) is 7.82. The van der Waals surface area contributed by atoms with Gasteiger partial charge in [0.1, 0.15) is 0 Å². The van der Waals surface area contributed by atoms with Crippen LogP contribution in [0.15, 0.2) is 16.9 Å². The van der Waals surface area contributed by atoms with Crippen LogP contribution in [0.3, 0.4) is 0 Å². The van der Waals surface area contributed by atoms with Gasteiger partial charge in [0.25, 0.3) is 5.56 Å². The van der Waals surface area contributed by atoms with Crippen molar-refractivity contribution in [3.8, 4) is 11.5 Å². The Bertz CT molecular complexity index is 902. The quantitative estimate of drug-likeness (QED) is 0.758. The molecule has 0 spiro atoms. The number of hydrogen-bond donors (Lipinski definition) is 1. The van der Waals surface area contributed by atoms with Gasteiger partial charge < -0.3 is 14.5 Å². The molecule has 0 radical (unpaired) electrons. The van der Waals surface area contributed by atoms with Crippen LogP contribution in [-0.4, -0.2) is 22.8 Å². The molecule has 1 saturated carbocycles. The summed E-state index contributed by atoms with van der Waals surface area (Å²) in [6, 6.07) is 3.74. The molecule has 26 heavy (non-hydrogen) atoms. The van der Waals surface area contributed by atoms with E-state index in [1.54, 1.807) is 10.6 Å². The first-order valence-corrected chi connectivity index (χ1v) is 9.96. The molecule has 1 heterocycles. The van der Waals surface area contributed by atoms with Crippen LogP contribution in [0.4, 0.5) is 0 Å². The van der Waals surface area contributed by atoms with Crippen molar-refractivity contribution < 1.29 is 9.47 Å². The molecule has 1 aromatic carbocycles. The molecule has 0 bridgehead atoms. The van der Waals surface area contributed by atoms with Crippen LogP contribution in [-0.2, 0) is 0 Å². The van der Waals surface area contributed by atoms with Crippen molar-refractivity contribution in [2.75, 3.05) is 13.2 Å². The average molecular weight is 377 g/mol. The highest BCUT2D eigenvalue weighted by atomic mass is 32.1. The number of aromatic amines is 1. The van der Waals surface area contributed by atoms with Crippen LogP contribution in [0, 0.1) is 16.6 Å². The van der Waals surface area contributed by atoms with Crippen LogP contribution in [0.2, 0.25) is 0 Å². The van der Waals surface area contributed by atoms with Gasteiger partial charge in [0.15, 0.2) is 16.3 Å². The van der Waals surface area contributed by atoms with Gasteiger partial charge in [-0.3, -0.25) is 9.36 Å². The van der Waals surface area contributed by atoms with Gasteiger partial charge in [0.2, 0.25) is 0 Å². The van der Waals surface area contributed by atoms with Crippen molar-refractivity contribution in [3.63, 3.8) is 0 Å². The highest BCUT2D eigenvalue weighted by Crippen LogP contribution is 2.37. The van der Waals surface area contributed by atoms with Gasteiger partial charge in [0, 0.05) is 12.1 Å². The fourth-order valence-electron chi connectivity index (χ4n) is 3.99. The zero-order valence-electron chi connectivity index (χ0n) is 16.0. The molecule has 1 aliphatic rings. The summed E-state index contributed by atoms with van der Waals surface area (Å²) in [6.07, 6.45) is 3.33. The summed E-state index contributed by atoms with van der Waals surface area (Å²) in [5, 5.41) is 0.593. The van der Waals surface area contributed by atoms with Crippen molar-refractivity contribution in [2.45, 2.75) is 53.0 Å². The predicted molar refractivity (Wildman–Crippen MR) is 107 cm³/mol.